The van der Waals surface area contributed by atoms with Crippen LogP contribution in [0.2, 0.25) is 0 Å². The van der Waals surface area contributed by atoms with E-state index in [0.717, 1.165) is 6.42 Å². The monoisotopic (exact) mass is 300 g/mol. The number of thiophene rings is 1. The average Bonchev–Trinajstić information content (AvgIpc) is 3.19. The first-order valence-corrected chi connectivity index (χ1v) is 8.78. The molecule has 1 aliphatic heterocycles. The van der Waals surface area contributed by atoms with Crippen LogP contribution in [-0.4, -0.2) is 13.1 Å². The first kappa shape index (κ1) is 14.5. The van der Waals surface area contributed by atoms with Crippen LogP contribution in [0.15, 0.2) is 36.4 Å². The molecule has 3 rings (SSSR count). The summed E-state index contributed by atoms with van der Waals surface area (Å²) in [4.78, 5) is 5.36. The number of benzene rings is 1. The summed E-state index contributed by atoms with van der Waals surface area (Å²) in [5, 5.41) is 3.64. The lowest BCUT2D eigenvalue weighted by molar-refractivity contribution is 0.906. The quantitative estimate of drug-likeness (QED) is 0.828. The van der Waals surface area contributed by atoms with Crippen molar-refractivity contribution in [2.45, 2.75) is 39.2 Å². The van der Waals surface area contributed by atoms with Crippen molar-refractivity contribution in [1.29, 1.82) is 0 Å². The van der Waals surface area contributed by atoms with Crippen LogP contribution in [0.25, 0.3) is 0 Å². The molecule has 112 valence electrons. The SMILES string of the molecule is CCc1ccc(C(C)Nc2cccc(N3CCCC3)c2)s1. The van der Waals surface area contributed by atoms with Crippen molar-refractivity contribution in [1.82, 2.24) is 0 Å². The average molecular weight is 300 g/mol. The van der Waals surface area contributed by atoms with Crippen molar-refractivity contribution in [3.8, 4) is 0 Å². The van der Waals surface area contributed by atoms with Gasteiger partial charge < -0.3 is 10.2 Å². The van der Waals surface area contributed by atoms with Crippen molar-refractivity contribution in [3.05, 3.63) is 46.2 Å². The van der Waals surface area contributed by atoms with Gasteiger partial charge in [0.25, 0.3) is 0 Å². The third-order valence-electron chi connectivity index (χ3n) is 4.16. The molecule has 0 aliphatic carbocycles. The number of hydrogen-bond donors (Lipinski definition) is 1. The van der Waals surface area contributed by atoms with Crippen molar-refractivity contribution in [3.63, 3.8) is 0 Å². The third-order valence-corrected chi connectivity index (χ3v) is 5.57. The Bertz CT molecular complexity index is 584. The second-order valence-electron chi connectivity index (χ2n) is 5.77. The number of hydrogen-bond acceptors (Lipinski definition) is 3. The van der Waals surface area contributed by atoms with Crippen molar-refractivity contribution in [2.75, 3.05) is 23.3 Å². The Kier molecular flexibility index (Phi) is 4.49. The molecule has 3 heteroatoms. The molecule has 1 N–H and O–H groups in total. The Labute approximate surface area is 131 Å². The second kappa shape index (κ2) is 6.52. The summed E-state index contributed by atoms with van der Waals surface area (Å²) >= 11 is 1.92. The molecule has 21 heavy (non-hydrogen) atoms. The van der Waals surface area contributed by atoms with Crippen LogP contribution >= 0.6 is 11.3 Å². The predicted molar refractivity (Wildman–Crippen MR) is 93.6 cm³/mol. The summed E-state index contributed by atoms with van der Waals surface area (Å²) in [7, 11) is 0. The molecule has 1 unspecified atom stereocenters. The summed E-state index contributed by atoms with van der Waals surface area (Å²) < 4.78 is 0. The van der Waals surface area contributed by atoms with Gasteiger partial charge in [0.1, 0.15) is 0 Å². The molecule has 1 atom stereocenters. The second-order valence-corrected chi connectivity index (χ2v) is 6.97. The fraction of sp³-hybridized carbons (Fsp3) is 0.444. The van der Waals surface area contributed by atoms with E-state index >= 15 is 0 Å². The number of nitrogens with zero attached hydrogens (tertiary/aromatic N) is 1. The van der Waals surface area contributed by atoms with E-state index in [4.69, 9.17) is 0 Å². The highest BCUT2D eigenvalue weighted by Crippen LogP contribution is 2.29. The summed E-state index contributed by atoms with van der Waals surface area (Å²) in [5.41, 5.74) is 2.57. The van der Waals surface area contributed by atoms with E-state index in [1.165, 1.54) is 47.1 Å². The molecule has 0 radical (unpaired) electrons. The predicted octanol–water partition coefficient (Wildman–Crippen LogP) is 5.08. The molecular formula is C18H24N2S. The summed E-state index contributed by atoms with van der Waals surface area (Å²) in [5.74, 6) is 0. The van der Waals surface area contributed by atoms with Gasteiger partial charge in [0.2, 0.25) is 0 Å². The molecule has 0 amide bonds. The first-order valence-electron chi connectivity index (χ1n) is 7.96. The van der Waals surface area contributed by atoms with E-state index in [1.807, 2.05) is 11.3 Å². The van der Waals surface area contributed by atoms with E-state index in [1.54, 1.807) is 0 Å². The van der Waals surface area contributed by atoms with Crippen molar-refractivity contribution < 1.29 is 0 Å². The maximum atomic E-state index is 3.64. The molecular weight excluding hydrogens is 276 g/mol. The molecule has 2 aromatic rings. The Hall–Kier alpha value is -1.48. The zero-order valence-corrected chi connectivity index (χ0v) is 13.7. The van der Waals surface area contributed by atoms with Gasteiger partial charge in [-0.15, -0.1) is 11.3 Å². The normalized spacial score (nSPS) is 16.2. The van der Waals surface area contributed by atoms with Gasteiger partial charge in [0.15, 0.2) is 0 Å². The maximum absolute atomic E-state index is 3.64. The zero-order chi connectivity index (χ0) is 14.7. The van der Waals surface area contributed by atoms with Gasteiger partial charge >= 0.3 is 0 Å². The van der Waals surface area contributed by atoms with Crippen LogP contribution in [-0.2, 0) is 6.42 Å². The topological polar surface area (TPSA) is 15.3 Å². The summed E-state index contributed by atoms with van der Waals surface area (Å²) in [6.45, 7) is 6.86. The molecule has 1 saturated heterocycles. The minimum Gasteiger partial charge on any atom is -0.378 e. The number of nitrogens with one attached hydrogen (secondary N) is 1. The zero-order valence-electron chi connectivity index (χ0n) is 12.9. The van der Waals surface area contributed by atoms with Crippen LogP contribution in [0.1, 0.15) is 42.5 Å². The van der Waals surface area contributed by atoms with Crippen LogP contribution in [0, 0.1) is 0 Å². The van der Waals surface area contributed by atoms with Gasteiger partial charge in [0, 0.05) is 34.2 Å². The Morgan fingerprint density at radius 2 is 2.00 bits per heavy atom. The molecule has 0 spiro atoms. The van der Waals surface area contributed by atoms with Crippen LogP contribution < -0.4 is 10.2 Å². The van der Waals surface area contributed by atoms with Gasteiger partial charge in [-0.3, -0.25) is 0 Å². The first-order chi connectivity index (χ1) is 10.3. The third kappa shape index (κ3) is 3.41. The van der Waals surface area contributed by atoms with Gasteiger partial charge in [-0.25, -0.2) is 0 Å². The number of anilines is 2. The highest BCUT2D eigenvalue weighted by molar-refractivity contribution is 7.12. The van der Waals surface area contributed by atoms with E-state index in [-0.39, 0.29) is 0 Å². The summed E-state index contributed by atoms with van der Waals surface area (Å²) in [6, 6.07) is 13.7. The van der Waals surface area contributed by atoms with Crippen molar-refractivity contribution in [2.24, 2.45) is 0 Å². The highest BCUT2D eigenvalue weighted by atomic mass is 32.1. The smallest absolute Gasteiger partial charge is 0.0578 e. The van der Waals surface area contributed by atoms with E-state index < -0.39 is 0 Å². The van der Waals surface area contributed by atoms with Crippen molar-refractivity contribution >= 4 is 22.7 Å². The van der Waals surface area contributed by atoms with Gasteiger partial charge in [-0.05, 0) is 56.5 Å². The number of rotatable bonds is 5. The van der Waals surface area contributed by atoms with Gasteiger partial charge in [-0.1, -0.05) is 13.0 Å². The number of aryl methyl sites for hydroxylation is 1. The van der Waals surface area contributed by atoms with E-state index in [0.29, 0.717) is 6.04 Å². The Morgan fingerprint density at radius 3 is 2.71 bits per heavy atom. The largest absolute Gasteiger partial charge is 0.378 e. The lowest BCUT2D eigenvalue weighted by Gasteiger charge is -2.20. The fourth-order valence-electron chi connectivity index (χ4n) is 2.91. The van der Waals surface area contributed by atoms with Crippen LogP contribution in [0.5, 0.6) is 0 Å². The van der Waals surface area contributed by atoms with Gasteiger partial charge in [0.05, 0.1) is 6.04 Å². The molecule has 1 aromatic heterocycles. The maximum Gasteiger partial charge on any atom is 0.0578 e. The minimum absolute atomic E-state index is 0.365. The lowest BCUT2D eigenvalue weighted by Crippen LogP contribution is -2.17. The van der Waals surface area contributed by atoms with Gasteiger partial charge in [-0.2, -0.15) is 0 Å². The molecule has 1 fully saturated rings. The summed E-state index contributed by atoms with van der Waals surface area (Å²) in [6.07, 6.45) is 3.77. The van der Waals surface area contributed by atoms with E-state index in [2.05, 4.69) is 60.5 Å². The molecule has 0 saturated carbocycles. The van der Waals surface area contributed by atoms with E-state index in [9.17, 15) is 0 Å². The molecule has 2 heterocycles. The highest BCUT2D eigenvalue weighted by Gasteiger charge is 2.13. The minimum atomic E-state index is 0.365. The molecule has 1 aliphatic rings. The molecule has 1 aromatic carbocycles. The standard InChI is InChI=1S/C18H24N2S/c1-3-17-9-10-18(21-17)14(2)19-15-7-6-8-16(13-15)20-11-4-5-12-20/h6-10,13-14,19H,3-5,11-12H2,1-2H3. The van der Waals surface area contributed by atoms with Crippen LogP contribution in [0.3, 0.4) is 0 Å². The Balaban J connectivity index is 1.70. The molecule has 2 nitrogen and oxygen atoms in total. The lowest BCUT2D eigenvalue weighted by atomic mass is 10.2. The fourth-order valence-corrected chi connectivity index (χ4v) is 3.86. The molecule has 0 bridgehead atoms. The Morgan fingerprint density at radius 1 is 1.19 bits per heavy atom. The van der Waals surface area contributed by atoms with Crippen LogP contribution in [0.4, 0.5) is 11.4 Å².